The second-order valence-electron chi connectivity index (χ2n) is 10.9. The number of hydrogen-bond acceptors (Lipinski definition) is 8. The molecule has 7 N–H and O–H groups in total. The number of rotatable bonds is 1. The third-order valence-corrected chi connectivity index (χ3v) is 10.3. The SMILES string of the molecule is CC1CC[C@@]2(O)C3(OC4(O)CC2(C)[C@]2(O)C(O)C(O)(C(C)C)C4(C)C32O)C1O. The molecule has 8 nitrogen and oxygen atoms in total. The van der Waals surface area contributed by atoms with E-state index < -0.39 is 68.7 Å². The molecule has 160 valence electrons. The fourth-order valence-electron chi connectivity index (χ4n) is 8.80. The third-order valence-electron chi connectivity index (χ3n) is 10.3. The summed E-state index contributed by atoms with van der Waals surface area (Å²) in [6.45, 7) is 7.90. The fourth-order valence-corrected chi connectivity index (χ4v) is 8.80. The molecule has 6 fully saturated rings. The van der Waals surface area contributed by atoms with Crippen LogP contribution in [0.5, 0.6) is 0 Å². The lowest BCUT2D eigenvalue weighted by Crippen LogP contribution is -2.75. The Balaban J connectivity index is 1.97. The van der Waals surface area contributed by atoms with Gasteiger partial charge in [-0.25, -0.2) is 0 Å². The van der Waals surface area contributed by atoms with Gasteiger partial charge < -0.3 is 40.5 Å². The molecular weight excluding hydrogens is 368 g/mol. The van der Waals surface area contributed by atoms with Crippen molar-refractivity contribution in [3.8, 4) is 0 Å². The summed E-state index contributed by atoms with van der Waals surface area (Å²) >= 11 is 0. The Bertz CT molecular complexity index is 790. The van der Waals surface area contributed by atoms with Gasteiger partial charge in [-0.1, -0.05) is 27.7 Å². The van der Waals surface area contributed by atoms with Gasteiger partial charge in [0, 0.05) is 11.8 Å². The highest BCUT2D eigenvalue weighted by Crippen LogP contribution is 2.90. The summed E-state index contributed by atoms with van der Waals surface area (Å²) in [4.78, 5) is 0. The van der Waals surface area contributed by atoms with Crippen molar-refractivity contribution in [1.29, 1.82) is 0 Å². The molecule has 0 aromatic carbocycles. The Kier molecular flexibility index (Phi) is 3.04. The predicted octanol–water partition coefficient (Wildman–Crippen LogP) is -1.38. The summed E-state index contributed by atoms with van der Waals surface area (Å²) in [5.41, 5.74) is -14.7. The van der Waals surface area contributed by atoms with Crippen molar-refractivity contribution in [1.82, 2.24) is 0 Å². The molecule has 8 heteroatoms. The highest BCUT2D eigenvalue weighted by Gasteiger charge is 3.09. The zero-order valence-corrected chi connectivity index (χ0v) is 17.0. The van der Waals surface area contributed by atoms with Crippen molar-refractivity contribution in [3.05, 3.63) is 0 Å². The molecule has 0 aromatic heterocycles. The van der Waals surface area contributed by atoms with Crippen LogP contribution in [0.2, 0.25) is 0 Å². The third kappa shape index (κ3) is 1.13. The highest BCUT2D eigenvalue weighted by atomic mass is 16.7. The second kappa shape index (κ2) is 4.34. The molecule has 0 aromatic rings. The van der Waals surface area contributed by atoms with Crippen LogP contribution in [-0.4, -0.2) is 81.7 Å². The zero-order valence-electron chi connectivity index (χ0n) is 17.0. The molecule has 6 aliphatic rings. The van der Waals surface area contributed by atoms with Crippen molar-refractivity contribution in [3.63, 3.8) is 0 Å². The lowest BCUT2D eigenvalue weighted by molar-refractivity contribution is -0.390. The Morgan fingerprint density at radius 2 is 1.57 bits per heavy atom. The molecule has 9 unspecified atom stereocenters. The standard InChI is InChI=1S/C20H32O8/c1-9(2)17(25)12(22)18(26)13(4)8-16(24)14(17,5)20(18,27)19(28-16)11(21)10(3)6-7-15(13,19)23/h9-12,21-27H,6-8H2,1-5H3/t10?,11?,12?,13?,14?,15-,16?,17?,18+,19?,20?/m0/s1. The fraction of sp³-hybridized carbons (Fsp3) is 1.00. The minimum Gasteiger partial charge on any atom is -0.390 e. The Hall–Kier alpha value is -0.320. The molecule has 2 saturated heterocycles. The van der Waals surface area contributed by atoms with E-state index in [1.54, 1.807) is 20.8 Å². The van der Waals surface area contributed by atoms with Gasteiger partial charge in [0.25, 0.3) is 0 Å². The maximum Gasteiger partial charge on any atom is 0.178 e. The van der Waals surface area contributed by atoms with Gasteiger partial charge in [0.1, 0.15) is 28.5 Å². The summed E-state index contributed by atoms with van der Waals surface area (Å²) in [5, 5.41) is 82.3. The average molecular weight is 400 g/mol. The lowest BCUT2D eigenvalue weighted by atomic mass is 9.52. The van der Waals surface area contributed by atoms with E-state index in [1.165, 1.54) is 13.8 Å². The van der Waals surface area contributed by atoms with E-state index in [9.17, 15) is 35.7 Å². The molecule has 4 aliphatic carbocycles. The minimum absolute atomic E-state index is 0.116. The topological polar surface area (TPSA) is 151 Å². The van der Waals surface area contributed by atoms with Gasteiger partial charge in [-0.15, -0.1) is 0 Å². The number of hydrogen-bond donors (Lipinski definition) is 7. The van der Waals surface area contributed by atoms with Crippen molar-refractivity contribution < 1.29 is 40.5 Å². The first-order chi connectivity index (χ1) is 12.6. The Morgan fingerprint density at radius 1 is 1.00 bits per heavy atom. The van der Waals surface area contributed by atoms with Crippen LogP contribution in [0.15, 0.2) is 0 Å². The molecule has 0 amide bonds. The van der Waals surface area contributed by atoms with Crippen molar-refractivity contribution in [2.45, 2.75) is 99.9 Å². The number of aliphatic hydroxyl groups excluding tert-OH is 2. The molecule has 11 atom stereocenters. The van der Waals surface area contributed by atoms with E-state index in [4.69, 9.17) is 4.74 Å². The lowest BCUT2D eigenvalue weighted by Gasteiger charge is -2.60. The van der Waals surface area contributed by atoms with E-state index in [-0.39, 0.29) is 12.8 Å². The van der Waals surface area contributed by atoms with E-state index in [2.05, 4.69) is 0 Å². The van der Waals surface area contributed by atoms with Gasteiger partial charge in [-0.3, -0.25) is 0 Å². The van der Waals surface area contributed by atoms with Crippen molar-refractivity contribution in [2.24, 2.45) is 22.7 Å². The molecule has 6 rings (SSSR count). The smallest absolute Gasteiger partial charge is 0.178 e. The number of aliphatic hydroxyl groups is 7. The Morgan fingerprint density at radius 3 is 2.11 bits per heavy atom. The zero-order chi connectivity index (χ0) is 21.1. The first-order valence-corrected chi connectivity index (χ1v) is 10.2. The van der Waals surface area contributed by atoms with Crippen LogP contribution in [0.3, 0.4) is 0 Å². The van der Waals surface area contributed by atoms with Crippen LogP contribution in [-0.2, 0) is 4.74 Å². The summed E-state index contributed by atoms with van der Waals surface area (Å²) in [5.74, 6) is -3.24. The largest absolute Gasteiger partial charge is 0.390 e. The number of ether oxygens (including phenoxy) is 1. The summed E-state index contributed by atoms with van der Waals surface area (Å²) < 4.78 is 6.05. The van der Waals surface area contributed by atoms with E-state index in [0.29, 0.717) is 6.42 Å². The second-order valence-corrected chi connectivity index (χ2v) is 10.9. The summed E-state index contributed by atoms with van der Waals surface area (Å²) in [7, 11) is 0. The Labute approximate surface area is 163 Å². The van der Waals surface area contributed by atoms with Gasteiger partial charge in [-0.05, 0) is 31.6 Å². The van der Waals surface area contributed by atoms with Crippen molar-refractivity contribution in [2.75, 3.05) is 0 Å². The van der Waals surface area contributed by atoms with Gasteiger partial charge in [0.05, 0.1) is 11.5 Å². The van der Waals surface area contributed by atoms with Crippen LogP contribution in [0.4, 0.5) is 0 Å². The summed E-state index contributed by atoms with van der Waals surface area (Å²) in [6.07, 6.45) is -3.04. The van der Waals surface area contributed by atoms with Gasteiger partial charge in [0.15, 0.2) is 11.4 Å². The predicted molar refractivity (Wildman–Crippen MR) is 94.6 cm³/mol. The van der Waals surface area contributed by atoms with Crippen LogP contribution in [0.25, 0.3) is 0 Å². The van der Waals surface area contributed by atoms with E-state index >= 15 is 0 Å². The van der Waals surface area contributed by atoms with Crippen LogP contribution >= 0.6 is 0 Å². The molecule has 6 bridgehead atoms. The molecule has 4 saturated carbocycles. The normalized spacial score (nSPS) is 72.1. The quantitative estimate of drug-likeness (QED) is 0.285. The first kappa shape index (κ1) is 19.6. The summed E-state index contributed by atoms with van der Waals surface area (Å²) in [6, 6.07) is 0. The molecule has 1 spiro atoms. The monoisotopic (exact) mass is 400 g/mol. The highest BCUT2D eigenvalue weighted by molar-refractivity contribution is 5.56. The molecular formula is C20H32O8. The van der Waals surface area contributed by atoms with E-state index in [1.807, 2.05) is 0 Å². The van der Waals surface area contributed by atoms with Crippen LogP contribution in [0.1, 0.15) is 53.9 Å². The van der Waals surface area contributed by atoms with Crippen LogP contribution < -0.4 is 0 Å². The van der Waals surface area contributed by atoms with E-state index in [0.717, 1.165) is 0 Å². The van der Waals surface area contributed by atoms with Crippen molar-refractivity contribution >= 4 is 0 Å². The van der Waals surface area contributed by atoms with Gasteiger partial charge >= 0.3 is 0 Å². The molecule has 2 aliphatic heterocycles. The minimum atomic E-state index is -2.49. The van der Waals surface area contributed by atoms with Crippen LogP contribution in [0, 0.1) is 22.7 Å². The molecule has 2 heterocycles. The maximum atomic E-state index is 12.3. The average Bonchev–Trinajstić information content (AvgIpc) is 2.84. The van der Waals surface area contributed by atoms with Gasteiger partial charge in [-0.2, -0.15) is 0 Å². The van der Waals surface area contributed by atoms with Gasteiger partial charge in [0.2, 0.25) is 0 Å². The molecule has 28 heavy (non-hydrogen) atoms. The maximum absolute atomic E-state index is 12.3. The first-order valence-electron chi connectivity index (χ1n) is 10.2. The molecule has 0 radical (unpaired) electrons.